The van der Waals surface area contributed by atoms with Gasteiger partial charge < -0.3 is 5.21 Å². The Hall–Kier alpha value is -0.480. The predicted molar refractivity (Wildman–Crippen MR) is 45.5 cm³/mol. The third-order valence-corrected chi connectivity index (χ3v) is 2.78. The molecule has 4 heteroatoms. The third-order valence-electron chi connectivity index (χ3n) is 1.07. The molecular formula is C6H7NOS2. The summed E-state index contributed by atoms with van der Waals surface area (Å²) in [5.74, 6) is 0. The summed E-state index contributed by atoms with van der Waals surface area (Å²) in [7, 11) is 0. The van der Waals surface area contributed by atoms with Crippen molar-refractivity contribution in [1.29, 1.82) is 0 Å². The number of thiophene rings is 1. The average molecular weight is 173 g/mol. The van der Waals surface area contributed by atoms with Crippen LogP contribution in [0, 0.1) is 0 Å². The van der Waals surface area contributed by atoms with Gasteiger partial charge in [0.2, 0.25) is 0 Å². The Morgan fingerprint density at radius 1 is 1.70 bits per heavy atom. The second kappa shape index (κ2) is 3.63. The first-order valence-electron chi connectivity index (χ1n) is 2.66. The first-order chi connectivity index (χ1) is 4.88. The topological polar surface area (TPSA) is 32.6 Å². The second-order valence-electron chi connectivity index (χ2n) is 1.64. The Morgan fingerprint density at radius 3 is 3.10 bits per heavy atom. The summed E-state index contributed by atoms with van der Waals surface area (Å²) in [6.45, 7) is 0. The van der Waals surface area contributed by atoms with E-state index in [1.165, 1.54) is 6.21 Å². The molecular weight excluding hydrogens is 166 g/mol. The molecule has 0 unspecified atom stereocenters. The fourth-order valence-corrected chi connectivity index (χ4v) is 2.25. The highest BCUT2D eigenvalue weighted by molar-refractivity contribution is 7.98. The maximum absolute atomic E-state index is 8.22. The van der Waals surface area contributed by atoms with Crippen molar-refractivity contribution >= 4 is 29.3 Å². The third kappa shape index (κ3) is 1.52. The molecule has 54 valence electrons. The lowest BCUT2D eigenvalue weighted by atomic mass is 10.4. The van der Waals surface area contributed by atoms with E-state index in [1.807, 2.05) is 17.0 Å². The first-order valence-corrected chi connectivity index (χ1v) is 4.83. The summed E-state index contributed by atoms with van der Waals surface area (Å²) in [4.78, 5) is 1.16. The van der Waals surface area contributed by atoms with E-state index >= 15 is 0 Å². The van der Waals surface area contributed by atoms with Gasteiger partial charge in [-0.1, -0.05) is 5.16 Å². The molecule has 1 N–H and O–H groups in total. The maximum atomic E-state index is 8.22. The van der Waals surface area contributed by atoms with E-state index in [0.29, 0.717) is 0 Å². The molecule has 0 saturated heterocycles. The fraction of sp³-hybridized carbons (Fsp3) is 0.167. The van der Waals surface area contributed by atoms with Crippen molar-refractivity contribution in [1.82, 2.24) is 0 Å². The normalized spacial score (nSPS) is 10.9. The van der Waals surface area contributed by atoms with Crippen LogP contribution in [-0.4, -0.2) is 17.7 Å². The molecule has 0 atom stereocenters. The molecule has 0 aliphatic heterocycles. The van der Waals surface area contributed by atoms with E-state index in [4.69, 9.17) is 5.21 Å². The Balaban J connectivity index is 2.90. The monoisotopic (exact) mass is 173 g/mol. The van der Waals surface area contributed by atoms with Gasteiger partial charge in [0, 0.05) is 21.2 Å². The maximum Gasteiger partial charge on any atom is 0.0753 e. The highest BCUT2D eigenvalue weighted by Gasteiger charge is 1.97. The molecule has 0 fully saturated rings. The van der Waals surface area contributed by atoms with Crippen molar-refractivity contribution < 1.29 is 5.21 Å². The summed E-state index contributed by atoms with van der Waals surface area (Å²) in [5.41, 5.74) is 0.986. The average Bonchev–Trinajstić information content (AvgIpc) is 2.36. The van der Waals surface area contributed by atoms with Gasteiger partial charge in [-0.25, -0.2) is 0 Å². The van der Waals surface area contributed by atoms with Crippen molar-refractivity contribution in [2.24, 2.45) is 5.16 Å². The highest BCUT2D eigenvalue weighted by atomic mass is 32.2. The first kappa shape index (κ1) is 7.63. The number of thioether (sulfide) groups is 1. The van der Waals surface area contributed by atoms with Gasteiger partial charge in [0.05, 0.1) is 6.21 Å². The standard InChI is InChI=1S/C6H7NOS2/c1-9-6-4-10-3-5(6)2-7-8/h2-4,8H,1H3. The Bertz CT molecular complexity index is 231. The number of hydrogen-bond acceptors (Lipinski definition) is 4. The number of nitrogens with zero attached hydrogens (tertiary/aromatic N) is 1. The zero-order valence-corrected chi connectivity index (χ0v) is 7.08. The molecule has 1 aromatic rings. The van der Waals surface area contributed by atoms with Crippen LogP contribution in [0.15, 0.2) is 20.8 Å². The van der Waals surface area contributed by atoms with Crippen molar-refractivity contribution in [3.05, 3.63) is 16.3 Å². The van der Waals surface area contributed by atoms with Crippen LogP contribution in [-0.2, 0) is 0 Å². The lowest BCUT2D eigenvalue weighted by Gasteiger charge is -1.89. The van der Waals surface area contributed by atoms with Crippen LogP contribution >= 0.6 is 23.1 Å². The minimum atomic E-state index is 0.986. The van der Waals surface area contributed by atoms with E-state index < -0.39 is 0 Å². The van der Waals surface area contributed by atoms with Gasteiger partial charge >= 0.3 is 0 Å². The number of oxime groups is 1. The highest BCUT2D eigenvalue weighted by Crippen LogP contribution is 2.22. The summed E-state index contributed by atoms with van der Waals surface area (Å²) >= 11 is 3.26. The zero-order chi connectivity index (χ0) is 7.40. The van der Waals surface area contributed by atoms with Crippen LogP contribution in [0.4, 0.5) is 0 Å². The van der Waals surface area contributed by atoms with Crippen molar-refractivity contribution in [3.8, 4) is 0 Å². The van der Waals surface area contributed by atoms with Crippen molar-refractivity contribution in [2.75, 3.05) is 6.26 Å². The number of rotatable bonds is 2. The van der Waals surface area contributed by atoms with E-state index in [1.54, 1.807) is 23.1 Å². The summed E-state index contributed by atoms with van der Waals surface area (Å²) in [6.07, 6.45) is 3.44. The van der Waals surface area contributed by atoms with Gasteiger partial charge in [0.25, 0.3) is 0 Å². The largest absolute Gasteiger partial charge is 0.411 e. The SMILES string of the molecule is CSc1cscc1C=NO. The van der Waals surface area contributed by atoms with E-state index in [-0.39, 0.29) is 0 Å². The van der Waals surface area contributed by atoms with Gasteiger partial charge in [-0.2, -0.15) is 11.3 Å². The molecule has 0 aliphatic rings. The van der Waals surface area contributed by atoms with Gasteiger partial charge in [0.1, 0.15) is 0 Å². The molecule has 0 saturated carbocycles. The van der Waals surface area contributed by atoms with Crippen LogP contribution in [0.3, 0.4) is 0 Å². The quantitative estimate of drug-likeness (QED) is 0.322. The van der Waals surface area contributed by atoms with Crippen LogP contribution in [0.25, 0.3) is 0 Å². The van der Waals surface area contributed by atoms with E-state index in [9.17, 15) is 0 Å². The Morgan fingerprint density at radius 2 is 2.50 bits per heavy atom. The molecule has 0 radical (unpaired) electrons. The molecule has 0 aromatic carbocycles. The van der Waals surface area contributed by atoms with Crippen molar-refractivity contribution in [2.45, 2.75) is 4.90 Å². The molecule has 1 aromatic heterocycles. The van der Waals surface area contributed by atoms with Gasteiger partial charge in [0.15, 0.2) is 0 Å². The molecule has 1 rings (SSSR count). The summed E-state index contributed by atoms with van der Waals surface area (Å²) < 4.78 is 0. The summed E-state index contributed by atoms with van der Waals surface area (Å²) in [6, 6.07) is 0. The second-order valence-corrected chi connectivity index (χ2v) is 3.23. The Labute approximate surface area is 67.6 Å². The van der Waals surface area contributed by atoms with E-state index in [0.717, 1.165) is 10.5 Å². The van der Waals surface area contributed by atoms with Crippen LogP contribution < -0.4 is 0 Å². The lowest BCUT2D eigenvalue weighted by molar-refractivity contribution is 0.322. The van der Waals surface area contributed by atoms with Crippen LogP contribution in [0.1, 0.15) is 5.56 Å². The minimum absolute atomic E-state index is 0.986. The summed E-state index contributed by atoms with van der Waals surface area (Å²) in [5, 5.41) is 15.2. The molecule has 0 aliphatic carbocycles. The predicted octanol–water partition coefficient (Wildman–Crippen LogP) is 2.28. The fourth-order valence-electron chi connectivity index (χ4n) is 0.617. The molecule has 0 bridgehead atoms. The molecule has 2 nitrogen and oxygen atoms in total. The Kier molecular flexibility index (Phi) is 2.77. The minimum Gasteiger partial charge on any atom is -0.411 e. The van der Waals surface area contributed by atoms with Gasteiger partial charge in [-0.15, -0.1) is 11.8 Å². The van der Waals surface area contributed by atoms with E-state index in [2.05, 4.69) is 5.16 Å². The molecule has 0 spiro atoms. The van der Waals surface area contributed by atoms with Crippen LogP contribution in [0.2, 0.25) is 0 Å². The smallest absolute Gasteiger partial charge is 0.0753 e. The van der Waals surface area contributed by atoms with Gasteiger partial charge in [-0.3, -0.25) is 0 Å². The molecule has 10 heavy (non-hydrogen) atoms. The molecule has 1 heterocycles. The number of hydrogen-bond donors (Lipinski definition) is 1. The van der Waals surface area contributed by atoms with Gasteiger partial charge in [-0.05, 0) is 6.26 Å². The van der Waals surface area contributed by atoms with Crippen molar-refractivity contribution in [3.63, 3.8) is 0 Å². The molecule has 0 amide bonds. The lowest BCUT2D eigenvalue weighted by Crippen LogP contribution is -1.76. The zero-order valence-electron chi connectivity index (χ0n) is 5.44. The van der Waals surface area contributed by atoms with Crippen LogP contribution in [0.5, 0.6) is 0 Å².